The third-order valence-electron chi connectivity index (χ3n) is 6.78. The maximum absolute atomic E-state index is 13.4. The number of carbonyl (C=O) groups is 2. The van der Waals surface area contributed by atoms with Gasteiger partial charge in [-0.1, -0.05) is 44.1 Å². The van der Waals surface area contributed by atoms with Crippen LogP contribution < -0.4 is 5.32 Å². The highest BCUT2D eigenvalue weighted by atomic mass is 16.6. The molecule has 0 radical (unpaired) electrons. The van der Waals surface area contributed by atoms with E-state index in [0.717, 1.165) is 24.8 Å². The van der Waals surface area contributed by atoms with E-state index in [4.69, 9.17) is 4.74 Å². The van der Waals surface area contributed by atoms with Gasteiger partial charge < -0.3 is 15.2 Å². The molecule has 3 rings (SSSR count). The summed E-state index contributed by atoms with van der Waals surface area (Å²) in [5.41, 5.74) is 1.14. The van der Waals surface area contributed by atoms with Crippen LogP contribution in [0.1, 0.15) is 60.3 Å². The minimum absolute atomic E-state index is 0.0346. The van der Waals surface area contributed by atoms with Crippen molar-refractivity contribution in [3.05, 3.63) is 35.5 Å². The summed E-state index contributed by atoms with van der Waals surface area (Å²) in [6.45, 7) is 10.6. The Hall–Kier alpha value is -1.88. The quantitative estimate of drug-likeness (QED) is 0.547. The number of hydrogen-bond donors (Lipinski definition) is 2. The van der Waals surface area contributed by atoms with Gasteiger partial charge in [-0.3, -0.25) is 4.79 Å². The molecular formula is C24H35NO4. The maximum Gasteiger partial charge on any atom is 0.331 e. The molecule has 0 unspecified atom stereocenters. The average molecular weight is 402 g/mol. The lowest BCUT2D eigenvalue weighted by molar-refractivity contribution is -0.172. The zero-order valence-electron chi connectivity index (χ0n) is 18.3. The van der Waals surface area contributed by atoms with Crippen molar-refractivity contribution in [3.8, 4) is 0 Å². The molecule has 0 aromatic heterocycles. The summed E-state index contributed by atoms with van der Waals surface area (Å²) >= 11 is 0. The van der Waals surface area contributed by atoms with Gasteiger partial charge >= 0.3 is 5.97 Å². The lowest BCUT2D eigenvalue weighted by Gasteiger charge is -2.45. The fourth-order valence-corrected chi connectivity index (χ4v) is 5.29. The molecule has 6 atom stereocenters. The highest BCUT2D eigenvalue weighted by Crippen LogP contribution is 2.50. The van der Waals surface area contributed by atoms with Crippen molar-refractivity contribution in [2.45, 2.75) is 78.0 Å². The number of carbonyl (C=O) groups excluding carboxylic acids is 2. The summed E-state index contributed by atoms with van der Waals surface area (Å²) in [4.78, 5) is 26.2. The van der Waals surface area contributed by atoms with Gasteiger partial charge in [0.25, 0.3) is 5.91 Å². The van der Waals surface area contributed by atoms with Crippen molar-refractivity contribution >= 4 is 11.9 Å². The topological polar surface area (TPSA) is 75.6 Å². The molecule has 0 saturated carbocycles. The molecule has 5 nitrogen and oxygen atoms in total. The fraction of sp³-hybridized carbons (Fsp3) is 0.667. The van der Waals surface area contributed by atoms with Crippen LogP contribution in [0.5, 0.6) is 0 Å². The first-order chi connectivity index (χ1) is 13.6. The van der Waals surface area contributed by atoms with E-state index in [1.807, 2.05) is 0 Å². The van der Waals surface area contributed by atoms with E-state index in [9.17, 15) is 14.7 Å². The maximum atomic E-state index is 13.4. The number of hydrogen-bond acceptors (Lipinski definition) is 4. The van der Waals surface area contributed by atoms with Gasteiger partial charge in [-0.05, 0) is 57.4 Å². The van der Waals surface area contributed by atoms with Crippen LogP contribution in [0.3, 0.4) is 0 Å². The lowest BCUT2D eigenvalue weighted by Crippen LogP contribution is -2.56. The van der Waals surface area contributed by atoms with E-state index in [1.165, 1.54) is 17.7 Å². The van der Waals surface area contributed by atoms with Crippen molar-refractivity contribution in [2.24, 2.45) is 23.7 Å². The zero-order chi connectivity index (χ0) is 21.3. The van der Waals surface area contributed by atoms with Crippen molar-refractivity contribution in [3.63, 3.8) is 0 Å². The van der Waals surface area contributed by atoms with Crippen LogP contribution in [-0.4, -0.2) is 34.7 Å². The first-order valence-electron chi connectivity index (χ1n) is 10.9. The molecule has 2 heterocycles. The van der Waals surface area contributed by atoms with Gasteiger partial charge in [-0.15, -0.1) is 0 Å². The lowest BCUT2D eigenvalue weighted by atomic mass is 9.63. The van der Waals surface area contributed by atoms with Crippen LogP contribution in [0.15, 0.2) is 35.5 Å². The predicted octanol–water partition coefficient (Wildman–Crippen LogP) is 3.69. The standard InChI is InChI=1S/C24H35NO4/c1-14(2)11-20-22-17(5)16(4)13-18-12-15(3)7-6-8-19(26)9-10-21(27)29-24(18,22)23(28)25-20/h9-10,12-14,17-20,22,26H,6-8,11H2,1-5H3,(H,25,28)/b10-9-,15-12-/t17-,18+,19+,20-,22+,24+/m0/s1. The normalized spacial score (nSPS) is 41.0. The third-order valence-corrected chi connectivity index (χ3v) is 6.78. The Bertz CT molecular complexity index is 750. The zero-order valence-corrected chi connectivity index (χ0v) is 18.3. The molecule has 0 aromatic rings. The smallest absolute Gasteiger partial charge is 0.331 e. The number of ether oxygens (including phenoxy) is 1. The first-order valence-corrected chi connectivity index (χ1v) is 10.9. The molecular weight excluding hydrogens is 366 g/mol. The Balaban J connectivity index is 2.13. The monoisotopic (exact) mass is 401 g/mol. The molecule has 2 N–H and O–H groups in total. The Labute approximate surface area is 174 Å². The van der Waals surface area contributed by atoms with E-state index in [0.29, 0.717) is 12.3 Å². The molecule has 0 aromatic carbocycles. The average Bonchev–Trinajstić information content (AvgIpc) is 2.89. The van der Waals surface area contributed by atoms with Crippen LogP contribution in [0.4, 0.5) is 0 Å². The fourth-order valence-electron chi connectivity index (χ4n) is 5.29. The second kappa shape index (κ2) is 8.47. The molecule has 160 valence electrons. The minimum Gasteiger partial charge on any atom is -0.444 e. The van der Waals surface area contributed by atoms with Gasteiger partial charge in [0.05, 0.1) is 6.10 Å². The van der Waals surface area contributed by atoms with Gasteiger partial charge in [-0.25, -0.2) is 4.79 Å². The minimum atomic E-state index is -1.24. The van der Waals surface area contributed by atoms with Crippen LogP contribution in [0.25, 0.3) is 0 Å². The van der Waals surface area contributed by atoms with E-state index < -0.39 is 17.7 Å². The van der Waals surface area contributed by atoms with E-state index >= 15 is 0 Å². The van der Waals surface area contributed by atoms with Crippen LogP contribution in [0, 0.1) is 23.7 Å². The highest BCUT2D eigenvalue weighted by molar-refractivity contribution is 5.94. The van der Waals surface area contributed by atoms with Gasteiger partial charge in [0.2, 0.25) is 5.60 Å². The Kier molecular flexibility index (Phi) is 6.37. The summed E-state index contributed by atoms with van der Waals surface area (Å²) in [5.74, 6) is -0.632. The second-order valence-corrected chi connectivity index (χ2v) is 9.51. The molecule has 2 aliphatic heterocycles. The Morgan fingerprint density at radius 3 is 2.69 bits per heavy atom. The van der Waals surface area contributed by atoms with E-state index in [-0.39, 0.29) is 29.7 Å². The largest absolute Gasteiger partial charge is 0.444 e. The molecule has 1 aliphatic carbocycles. The summed E-state index contributed by atoms with van der Waals surface area (Å²) in [6, 6.07) is -0.0346. The highest BCUT2D eigenvalue weighted by Gasteiger charge is 2.64. The third kappa shape index (κ3) is 4.20. The summed E-state index contributed by atoms with van der Waals surface area (Å²) < 4.78 is 6.04. The number of aliphatic hydroxyl groups excluding tert-OH is 1. The number of allylic oxidation sites excluding steroid dienone is 2. The molecule has 1 amide bonds. The van der Waals surface area contributed by atoms with Gasteiger partial charge in [0, 0.05) is 24.0 Å². The molecule has 1 spiro atoms. The van der Waals surface area contributed by atoms with Crippen LogP contribution >= 0.6 is 0 Å². The summed E-state index contributed by atoms with van der Waals surface area (Å²) in [5, 5.41) is 13.3. The summed E-state index contributed by atoms with van der Waals surface area (Å²) in [6.07, 6.45) is 9.40. The second-order valence-electron chi connectivity index (χ2n) is 9.51. The Morgan fingerprint density at radius 1 is 1.28 bits per heavy atom. The molecule has 5 heteroatoms. The van der Waals surface area contributed by atoms with E-state index in [1.54, 1.807) is 0 Å². The molecule has 3 aliphatic rings. The number of esters is 1. The first kappa shape index (κ1) is 21.8. The van der Waals surface area contributed by atoms with Gasteiger partial charge in [0.1, 0.15) is 0 Å². The SMILES string of the molecule is CC1=C[C@H]2/C=C(/C)CCC[C@@H](O)/C=C\C(=O)O[C@]23C(=O)N[C@@H](CC(C)C)[C@H]3[C@H]1C. The molecule has 29 heavy (non-hydrogen) atoms. The molecule has 0 bridgehead atoms. The van der Waals surface area contributed by atoms with Gasteiger partial charge in [-0.2, -0.15) is 0 Å². The number of aliphatic hydroxyl groups is 1. The summed E-state index contributed by atoms with van der Waals surface area (Å²) in [7, 11) is 0. The van der Waals surface area contributed by atoms with Crippen LogP contribution in [0.2, 0.25) is 0 Å². The van der Waals surface area contributed by atoms with Crippen molar-refractivity contribution in [1.82, 2.24) is 5.32 Å². The predicted molar refractivity (Wildman–Crippen MR) is 113 cm³/mol. The van der Waals surface area contributed by atoms with Crippen LogP contribution in [-0.2, 0) is 14.3 Å². The van der Waals surface area contributed by atoms with Crippen molar-refractivity contribution < 1.29 is 19.4 Å². The number of rotatable bonds is 2. The molecule has 1 fully saturated rings. The van der Waals surface area contributed by atoms with E-state index in [2.05, 4.69) is 52.1 Å². The number of nitrogens with one attached hydrogen (secondary N) is 1. The Morgan fingerprint density at radius 2 is 2.00 bits per heavy atom. The van der Waals surface area contributed by atoms with Gasteiger partial charge in [0.15, 0.2) is 0 Å². The van der Waals surface area contributed by atoms with Crippen molar-refractivity contribution in [1.29, 1.82) is 0 Å². The van der Waals surface area contributed by atoms with Crippen molar-refractivity contribution in [2.75, 3.05) is 0 Å². The molecule has 1 saturated heterocycles. The number of amides is 1.